The zero-order chi connectivity index (χ0) is 28.0. The first kappa shape index (κ1) is 26.1. The summed E-state index contributed by atoms with van der Waals surface area (Å²) in [5.74, 6) is -1.80. The summed E-state index contributed by atoms with van der Waals surface area (Å²) in [5, 5.41) is 0. The molecule has 3 aliphatic rings. The van der Waals surface area contributed by atoms with E-state index in [9.17, 15) is 24.0 Å². The molecule has 1 saturated heterocycles. The zero-order valence-electron chi connectivity index (χ0n) is 21.2. The maximum absolute atomic E-state index is 13.1. The van der Waals surface area contributed by atoms with Crippen molar-refractivity contribution >= 4 is 51.2 Å². The number of fused-ring (bicyclic) bond motifs is 5. The van der Waals surface area contributed by atoms with Crippen LogP contribution in [0.3, 0.4) is 0 Å². The fourth-order valence-corrected chi connectivity index (χ4v) is 6.46. The molecule has 2 aliphatic carbocycles. The topological polar surface area (TPSA) is 107 Å². The predicted molar refractivity (Wildman–Crippen MR) is 147 cm³/mol. The smallest absolute Gasteiger partial charge is 0.343 e. The van der Waals surface area contributed by atoms with Crippen molar-refractivity contribution in [1.29, 1.82) is 0 Å². The maximum Gasteiger partial charge on any atom is 0.343 e. The van der Waals surface area contributed by atoms with Gasteiger partial charge in [0.25, 0.3) is 0 Å². The van der Waals surface area contributed by atoms with Crippen molar-refractivity contribution in [3.63, 3.8) is 0 Å². The van der Waals surface area contributed by atoms with Gasteiger partial charge in [-0.05, 0) is 97.8 Å². The van der Waals surface area contributed by atoms with Crippen LogP contribution in [0.1, 0.15) is 50.3 Å². The van der Waals surface area contributed by atoms with Crippen LogP contribution in [0.5, 0.6) is 5.75 Å². The molecule has 8 nitrogen and oxygen atoms in total. The number of rotatable bonds is 7. The third-order valence-electron chi connectivity index (χ3n) is 8.07. The number of imide groups is 1. The van der Waals surface area contributed by atoms with Gasteiger partial charge in [-0.25, -0.2) is 9.59 Å². The van der Waals surface area contributed by atoms with Gasteiger partial charge in [0, 0.05) is 10.0 Å². The van der Waals surface area contributed by atoms with Crippen molar-refractivity contribution in [3.05, 3.63) is 94.0 Å². The number of ketones is 1. The third-order valence-corrected chi connectivity index (χ3v) is 8.60. The van der Waals surface area contributed by atoms with Crippen LogP contribution in [-0.2, 0) is 14.3 Å². The summed E-state index contributed by atoms with van der Waals surface area (Å²) < 4.78 is 11.4. The van der Waals surface area contributed by atoms with Gasteiger partial charge in [0.05, 0.1) is 28.7 Å². The number of esters is 2. The Kier molecular flexibility index (Phi) is 6.83. The summed E-state index contributed by atoms with van der Waals surface area (Å²) in [6.45, 7) is -0.504. The number of carbonyl (C=O) groups excluding carboxylic acids is 5. The lowest BCUT2D eigenvalue weighted by Gasteiger charge is -2.19. The molecule has 0 N–H and O–H groups in total. The van der Waals surface area contributed by atoms with Gasteiger partial charge < -0.3 is 9.47 Å². The Hall–Kier alpha value is -4.11. The van der Waals surface area contributed by atoms with Crippen LogP contribution in [0, 0.1) is 23.7 Å². The largest absolute Gasteiger partial charge is 0.454 e. The van der Waals surface area contributed by atoms with Gasteiger partial charge in [-0.3, -0.25) is 19.3 Å². The first-order valence-corrected chi connectivity index (χ1v) is 13.9. The third kappa shape index (κ3) is 4.75. The minimum Gasteiger partial charge on any atom is -0.454 e. The Morgan fingerprint density at radius 1 is 0.775 bits per heavy atom. The Labute approximate surface area is 238 Å². The fourth-order valence-electron chi connectivity index (χ4n) is 6.19. The summed E-state index contributed by atoms with van der Waals surface area (Å²) >= 11 is 3.31. The lowest BCUT2D eigenvalue weighted by Crippen LogP contribution is -2.32. The highest BCUT2D eigenvalue weighted by Gasteiger charge is 2.61. The molecule has 0 spiro atoms. The number of halogens is 1. The molecule has 0 aromatic heterocycles. The van der Waals surface area contributed by atoms with Gasteiger partial charge in [0.2, 0.25) is 11.8 Å². The minimum atomic E-state index is -0.741. The van der Waals surface area contributed by atoms with Crippen LogP contribution in [0.25, 0.3) is 0 Å². The molecule has 1 aliphatic heterocycles. The minimum absolute atomic E-state index is 0.140. The number of ether oxygens (including phenoxy) is 2. The molecular weight excluding hydrogens is 578 g/mol. The van der Waals surface area contributed by atoms with Crippen LogP contribution in [-0.4, -0.2) is 36.1 Å². The van der Waals surface area contributed by atoms with Crippen molar-refractivity contribution < 1.29 is 33.4 Å². The number of hydrogen-bond donors (Lipinski definition) is 0. The number of nitrogens with zero attached hydrogens (tertiary/aromatic N) is 1. The molecule has 4 atom stereocenters. The van der Waals surface area contributed by atoms with Crippen molar-refractivity contribution in [3.8, 4) is 5.75 Å². The number of benzene rings is 3. The normalized spacial score (nSPS) is 22.8. The molecule has 4 unspecified atom stereocenters. The lowest BCUT2D eigenvalue weighted by molar-refractivity contribution is -0.123. The Balaban J connectivity index is 1.06. The highest BCUT2D eigenvalue weighted by Crippen LogP contribution is 2.56. The molecule has 6 rings (SSSR count). The summed E-state index contributed by atoms with van der Waals surface area (Å²) in [6.07, 6.45) is 2.92. The average molecular weight is 602 g/mol. The van der Waals surface area contributed by atoms with Gasteiger partial charge in [-0.2, -0.15) is 0 Å². The van der Waals surface area contributed by atoms with Gasteiger partial charge in [-0.1, -0.05) is 22.0 Å². The van der Waals surface area contributed by atoms with Gasteiger partial charge in [-0.15, -0.1) is 0 Å². The second-order valence-electron chi connectivity index (χ2n) is 10.4. The maximum atomic E-state index is 13.1. The quantitative estimate of drug-likeness (QED) is 0.158. The van der Waals surface area contributed by atoms with E-state index in [0.29, 0.717) is 11.3 Å². The first-order valence-electron chi connectivity index (χ1n) is 13.1. The van der Waals surface area contributed by atoms with E-state index in [1.165, 1.54) is 41.3 Å². The molecular formula is C31H24BrNO7. The van der Waals surface area contributed by atoms with Crippen LogP contribution in [0.4, 0.5) is 5.69 Å². The van der Waals surface area contributed by atoms with E-state index in [2.05, 4.69) is 15.9 Å². The zero-order valence-corrected chi connectivity index (χ0v) is 22.8. The van der Waals surface area contributed by atoms with Gasteiger partial charge in [0.1, 0.15) is 5.75 Å². The summed E-state index contributed by atoms with van der Waals surface area (Å²) in [4.78, 5) is 65.1. The lowest BCUT2D eigenvalue weighted by atomic mass is 9.81. The number of amides is 2. The van der Waals surface area contributed by atoms with E-state index >= 15 is 0 Å². The van der Waals surface area contributed by atoms with Crippen LogP contribution in [0.15, 0.2) is 77.3 Å². The molecule has 3 aromatic rings. The molecule has 9 heteroatoms. The molecule has 0 radical (unpaired) electrons. The summed E-state index contributed by atoms with van der Waals surface area (Å²) in [6, 6.07) is 18.8. The predicted octanol–water partition coefficient (Wildman–Crippen LogP) is 5.24. The van der Waals surface area contributed by atoms with E-state index in [0.717, 1.165) is 23.7 Å². The highest BCUT2D eigenvalue weighted by molar-refractivity contribution is 9.10. The summed E-state index contributed by atoms with van der Waals surface area (Å²) in [7, 11) is 0. The van der Waals surface area contributed by atoms with E-state index in [-0.39, 0.29) is 52.4 Å². The Bertz CT molecular complexity index is 1500. The van der Waals surface area contributed by atoms with Crippen molar-refractivity contribution in [2.75, 3.05) is 11.5 Å². The van der Waals surface area contributed by atoms with Crippen LogP contribution in [0.2, 0.25) is 0 Å². The molecule has 2 saturated carbocycles. The van der Waals surface area contributed by atoms with E-state index in [4.69, 9.17) is 9.47 Å². The fraction of sp³-hybridized carbons (Fsp3) is 0.258. The highest BCUT2D eigenvalue weighted by atomic mass is 79.9. The number of hydrogen-bond acceptors (Lipinski definition) is 7. The number of Topliss-reactive ketones (excluding diaryl/α,β-unsaturated/α-hetero) is 1. The second kappa shape index (κ2) is 10.5. The number of carbonyl (C=O) groups is 5. The van der Waals surface area contributed by atoms with E-state index in [1.807, 2.05) is 0 Å². The van der Waals surface area contributed by atoms with Crippen molar-refractivity contribution in [1.82, 2.24) is 0 Å². The molecule has 202 valence electrons. The molecule has 2 amide bonds. The molecule has 3 aromatic carbocycles. The van der Waals surface area contributed by atoms with Gasteiger partial charge in [0.15, 0.2) is 12.4 Å². The van der Waals surface area contributed by atoms with E-state index in [1.54, 1.807) is 36.4 Å². The van der Waals surface area contributed by atoms with Crippen molar-refractivity contribution in [2.45, 2.75) is 19.3 Å². The first-order chi connectivity index (χ1) is 19.3. The summed E-state index contributed by atoms with van der Waals surface area (Å²) in [5.41, 5.74) is 1.14. The van der Waals surface area contributed by atoms with Crippen LogP contribution < -0.4 is 9.64 Å². The van der Waals surface area contributed by atoms with Gasteiger partial charge >= 0.3 is 11.9 Å². The second-order valence-corrected chi connectivity index (χ2v) is 11.3. The molecule has 1 heterocycles. The standard InChI is InChI=1S/C31H24BrNO7/c32-22-10-6-18(7-11-22)31(38)40-24-12-8-17(9-13-24)25(34)16-39-30(37)21-2-1-3-23(15-21)33-28(35)26-19-4-5-20(14-19)27(26)29(33)36/h1-3,6-13,15,19-20,26-27H,4-5,14,16H2. The number of anilines is 1. The Morgan fingerprint density at radius 2 is 1.40 bits per heavy atom. The van der Waals surface area contributed by atoms with E-state index < -0.39 is 24.3 Å². The monoisotopic (exact) mass is 601 g/mol. The SMILES string of the molecule is O=C(COC(=O)c1cccc(N2C(=O)C3C4CCC(C4)C3C2=O)c1)c1ccc(OC(=O)c2ccc(Br)cc2)cc1. The Morgan fingerprint density at radius 3 is 2.05 bits per heavy atom. The van der Waals surface area contributed by atoms with Crippen molar-refractivity contribution in [2.24, 2.45) is 23.7 Å². The molecule has 2 bridgehead atoms. The average Bonchev–Trinajstić information content (AvgIpc) is 3.65. The molecule has 3 fully saturated rings. The van der Waals surface area contributed by atoms with Crippen LogP contribution >= 0.6 is 15.9 Å². The molecule has 40 heavy (non-hydrogen) atoms.